The van der Waals surface area contributed by atoms with Crippen molar-refractivity contribution in [1.82, 2.24) is 0 Å². The van der Waals surface area contributed by atoms with Crippen LogP contribution in [0.15, 0.2) is 0 Å². The summed E-state index contributed by atoms with van der Waals surface area (Å²) in [6.07, 6.45) is 22.4. The van der Waals surface area contributed by atoms with Crippen LogP contribution in [-0.2, 0) is 52.2 Å². The van der Waals surface area contributed by atoms with Crippen LogP contribution < -0.4 is 0 Å². The molecule has 0 unspecified atom stereocenters. The van der Waals surface area contributed by atoms with Crippen LogP contribution >= 0.6 is 0 Å². The molecule has 0 aliphatic rings. The Kier molecular flexibility index (Phi) is 42.1. The van der Waals surface area contributed by atoms with E-state index in [9.17, 15) is 4.79 Å². The van der Waals surface area contributed by atoms with Crippen molar-refractivity contribution in [3.63, 3.8) is 0 Å². The van der Waals surface area contributed by atoms with Gasteiger partial charge in [0.05, 0.1) is 119 Å². The Hall–Kier alpha value is -0.890. The molecular formula is C41H82O11. The molecule has 52 heavy (non-hydrogen) atoms. The van der Waals surface area contributed by atoms with Crippen molar-refractivity contribution in [2.24, 2.45) is 0 Å². The second kappa shape index (κ2) is 42.8. The maximum Gasteiger partial charge on any atom is 0.308 e. The van der Waals surface area contributed by atoms with E-state index in [0.717, 1.165) is 13.0 Å². The quantitative estimate of drug-likeness (QED) is 0.0445. The monoisotopic (exact) mass is 751 g/mol. The van der Waals surface area contributed by atoms with Crippen molar-refractivity contribution in [3.8, 4) is 0 Å². The second-order valence-electron chi connectivity index (χ2n) is 14.2. The molecule has 0 radical (unpaired) electrons. The Bertz CT molecular complexity index is 690. The van der Waals surface area contributed by atoms with E-state index < -0.39 is 5.60 Å². The molecule has 312 valence electrons. The average Bonchev–Trinajstić information content (AvgIpc) is 3.11. The molecule has 0 N–H and O–H groups in total. The Morgan fingerprint density at radius 2 is 0.558 bits per heavy atom. The molecule has 0 aliphatic heterocycles. The summed E-state index contributed by atoms with van der Waals surface area (Å²) in [5, 5.41) is 0. The molecule has 0 amide bonds. The lowest BCUT2D eigenvalue weighted by molar-refractivity contribution is -0.156. The number of hydrogen-bond acceptors (Lipinski definition) is 11. The van der Waals surface area contributed by atoms with Gasteiger partial charge in [-0.25, -0.2) is 0 Å². The van der Waals surface area contributed by atoms with Gasteiger partial charge in [-0.15, -0.1) is 0 Å². The smallest absolute Gasteiger partial charge is 0.308 e. The van der Waals surface area contributed by atoms with Gasteiger partial charge < -0.3 is 47.4 Å². The van der Waals surface area contributed by atoms with E-state index in [4.69, 9.17) is 47.4 Å². The van der Waals surface area contributed by atoms with Crippen LogP contribution in [-0.4, -0.2) is 130 Å². The van der Waals surface area contributed by atoms with Gasteiger partial charge in [-0.1, -0.05) is 103 Å². The molecule has 0 aromatic rings. The SMILES string of the molecule is CCCCCCCCCCCCCCCCCCOCCOCCOCCOCCOCCOCCOCCOCCOCCC(=O)OC(C)(C)C. The number of rotatable bonds is 44. The first-order valence-electron chi connectivity index (χ1n) is 20.9. The van der Waals surface area contributed by atoms with Gasteiger partial charge in [-0.05, 0) is 27.2 Å². The number of carbonyl (C=O) groups is 1. The van der Waals surface area contributed by atoms with Crippen molar-refractivity contribution in [3.05, 3.63) is 0 Å². The number of hydrogen-bond donors (Lipinski definition) is 0. The third-order valence-electron chi connectivity index (χ3n) is 7.99. The number of carbonyl (C=O) groups excluding carboxylic acids is 1. The Morgan fingerprint density at radius 3 is 0.827 bits per heavy atom. The van der Waals surface area contributed by atoms with E-state index in [-0.39, 0.29) is 12.4 Å². The predicted molar refractivity (Wildman–Crippen MR) is 207 cm³/mol. The van der Waals surface area contributed by atoms with E-state index in [1.54, 1.807) is 0 Å². The van der Waals surface area contributed by atoms with Gasteiger partial charge in [-0.3, -0.25) is 4.79 Å². The second-order valence-corrected chi connectivity index (χ2v) is 14.2. The van der Waals surface area contributed by atoms with E-state index in [1.807, 2.05) is 20.8 Å². The molecule has 11 nitrogen and oxygen atoms in total. The minimum atomic E-state index is -0.469. The zero-order valence-electron chi connectivity index (χ0n) is 34.2. The summed E-state index contributed by atoms with van der Waals surface area (Å²) in [5.41, 5.74) is -0.469. The lowest BCUT2D eigenvalue weighted by atomic mass is 10.0. The highest BCUT2D eigenvalue weighted by Gasteiger charge is 2.15. The van der Waals surface area contributed by atoms with Gasteiger partial charge in [0.15, 0.2) is 0 Å². The first-order valence-corrected chi connectivity index (χ1v) is 20.9. The third-order valence-corrected chi connectivity index (χ3v) is 7.99. The van der Waals surface area contributed by atoms with Crippen LogP contribution in [0.25, 0.3) is 0 Å². The van der Waals surface area contributed by atoms with Crippen LogP contribution in [0.4, 0.5) is 0 Å². The van der Waals surface area contributed by atoms with Gasteiger partial charge in [0, 0.05) is 6.61 Å². The standard InChI is InChI=1S/C41H82O11/c1-5-6-7-8-9-10-11-12-13-14-15-16-17-18-19-20-22-43-24-26-45-28-30-47-32-34-49-36-38-51-39-37-50-35-33-48-31-29-46-27-25-44-23-21-40(42)52-41(2,3)4/h5-39H2,1-4H3. The molecule has 0 fully saturated rings. The van der Waals surface area contributed by atoms with Gasteiger partial charge in [0.25, 0.3) is 0 Å². The summed E-state index contributed by atoms with van der Waals surface area (Å²) in [5.74, 6) is -0.258. The highest BCUT2D eigenvalue weighted by atomic mass is 16.6. The molecule has 0 saturated heterocycles. The van der Waals surface area contributed by atoms with Gasteiger partial charge in [0.1, 0.15) is 5.60 Å². The molecule has 0 rings (SSSR count). The van der Waals surface area contributed by atoms with E-state index in [2.05, 4.69) is 6.92 Å². The summed E-state index contributed by atoms with van der Waals surface area (Å²) in [4.78, 5) is 11.6. The molecule has 11 heteroatoms. The first kappa shape index (κ1) is 51.1. The van der Waals surface area contributed by atoms with Crippen LogP contribution in [0, 0.1) is 0 Å². The van der Waals surface area contributed by atoms with Crippen molar-refractivity contribution >= 4 is 5.97 Å². The maximum absolute atomic E-state index is 11.6. The lowest BCUT2D eigenvalue weighted by Crippen LogP contribution is -2.24. The number of ether oxygens (including phenoxy) is 10. The molecule has 0 saturated carbocycles. The Labute approximate surface area is 319 Å². The summed E-state index contributed by atoms with van der Waals surface area (Å²) < 4.78 is 54.8. The third kappa shape index (κ3) is 47.1. The van der Waals surface area contributed by atoms with Gasteiger partial charge in [0.2, 0.25) is 0 Å². The number of unbranched alkanes of at least 4 members (excludes halogenated alkanes) is 15. The summed E-state index contributed by atoms with van der Waals surface area (Å²) in [6, 6.07) is 0. The van der Waals surface area contributed by atoms with Crippen molar-refractivity contribution in [2.75, 3.05) is 119 Å². The Morgan fingerprint density at radius 1 is 0.327 bits per heavy atom. The fourth-order valence-electron chi connectivity index (χ4n) is 5.16. The van der Waals surface area contributed by atoms with E-state index in [1.165, 1.54) is 96.3 Å². The van der Waals surface area contributed by atoms with Crippen molar-refractivity contribution < 1.29 is 52.2 Å². The molecule has 0 spiro atoms. The molecule has 0 bridgehead atoms. The van der Waals surface area contributed by atoms with Crippen molar-refractivity contribution in [2.45, 2.75) is 142 Å². The fraction of sp³-hybridized carbons (Fsp3) is 0.976. The van der Waals surface area contributed by atoms with Crippen LogP contribution in [0.1, 0.15) is 137 Å². The molecule has 0 aromatic carbocycles. The molecule has 0 heterocycles. The predicted octanol–water partition coefficient (Wildman–Crippen LogP) is 8.13. The summed E-state index contributed by atoms with van der Waals surface area (Å²) in [7, 11) is 0. The normalized spacial score (nSPS) is 11.8. The van der Waals surface area contributed by atoms with Crippen LogP contribution in [0.3, 0.4) is 0 Å². The zero-order chi connectivity index (χ0) is 37.9. The molecule has 0 aromatic heterocycles. The Balaban J connectivity index is 3.09. The van der Waals surface area contributed by atoms with Gasteiger partial charge in [-0.2, -0.15) is 0 Å². The largest absolute Gasteiger partial charge is 0.460 e. The zero-order valence-corrected chi connectivity index (χ0v) is 34.2. The lowest BCUT2D eigenvalue weighted by Gasteiger charge is -2.19. The minimum absolute atomic E-state index is 0.238. The van der Waals surface area contributed by atoms with Crippen molar-refractivity contribution in [1.29, 1.82) is 0 Å². The minimum Gasteiger partial charge on any atom is -0.460 e. The highest BCUT2D eigenvalue weighted by molar-refractivity contribution is 5.69. The van der Waals surface area contributed by atoms with E-state index in [0.29, 0.717) is 112 Å². The topological polar surface area (TPSA) is 109 Å². The number of esters is 1. The molecular weight excluding hydrogens is 668 g/mol. The first-order chi connectivity index (χ1) is 25.5. The van der Waals surface area contributed by atoms with Crippen LogP contribution in [0.5, 0.6) is 0 Å². The van der Waals surface area contributed by atoms with E-state index >= 15 is 0 Å². The fourth-order valence-corrected chi connectivity index (χ4v) is 5.16. The maximum atomic E-state index is 11.6. The highest BCUT2D eigenvalue weighted by Crippen LogP contribution is 2.14. The summed E-state index contributed by atoms with van der Waals surface area (Å²) >= 11 is 0. The molecule has 0 aliphatic carbocycles. The average molecular weight is 751 g/mol. The van der Waals surface area contributed by atoms with Gasteiger partial charge >= 0.3 is 5.97 Å². The summed E-state index contributed by atoms with van der Waals surface area (Å²) in [6.45, 7) is 17.3. The van der Waals surface area contributed by atoms with Crippen LogP contribution in [0.2, 0.25) is 0 Å². The molecule has 0 atom stereocenters.